The van der Waals surface area contributed by atoms with Crippen molar-refractivity contribution < 1.29 is 4.79 Å². The molecule has 0 fully saturated rings. The lowest BCUT2D eigenvalue weighted by Gasteiger charge is -2.17. The lowest BCUT2D eigenvalue weighted by Crippen LogP contribution is -2.34. The number of hydrogen-bond donors (Lipinski definition) is 2. The quantitative estimate of drug-likeness (QED) is 0.818. The van der Waals surface area contributed by atoms with Gasteiger partial charge in [0.2, 0.25) is 5.43 Å². The van der Waals surface area contributed by atoms with Gasteiger partial charge in [0.05, 0.1) is 10.9 Å². The molecular weight excluding hydrogens is 292 g/mol. The largest absolute Gasteiger partial charge is 0.398 e. The van der Waals surface area contributed by atoms with Crippen LogP contribution in [0.3, 0.4) is 0 Å². The van der Waals surface area contributed by atoms with Crippen LogP contribution in [0.15, 0.2) is 29.2 Å². The molecule has 6 heteroatoms. The van der Waals surface area contributed by atoms with Crippen molar-refractivity contribution in [1.29, 1.82) is 0 Å². The van der Waals surface area contributed by atoms with Crippen molar-refractivity contribution in [2.45, 2.75) is 19.9 Å². The van der Waals surface area contributed by atoms with Gasteiger partial charge in [-0.1, -0.05) is 6.07 Å². The number of benzene rings is 1. The average Bonchev–Trinajstić information content (AvgIpc) is 2.46. The third-order valence-electron chi connectivity index (χ3n) is 3.74. The third-order valence-corrected chi connectivity index (χ3v) is 3.74. The average molecular weight is 316 g/mol. The Hall–Kier alpha value is -2.34. The van der Waals surface area contributed by atoms with E-state index in [-0.39, 0.29) is 22.9 Å². The summed E-state index contributed by atoms with van der Waals surface area (Å²) in [4.78, 5) is 27.1. The first-order valence-electron chi connectivity index (χ1n) is 7.69. The van der Waals surface area contributed by atoms with Gasteiger partial charge in [-0.05, 0) is 40.1 Å². The van der Waals surface area contributed by atoms with Gasteiger partial charge in [-0.15, -0.1) is 0 Å². The molecule has 23 heavy (non-hydrogen) atoms. The molecule has 6 nitrogen and oxygen atoms in total. The van der Waals surface area contributed by atoms with Crippen LogP contribution in [0.25, 0.3) is 10.9 Å². The fourth-order valence-electron chi connectivity index (χ4n) is 2.50. The molecule has 0 unspecified atom stereocenters. The van der Waals surface area contributed by atoms with Crippen LogP contribution in [0.1, 0.15) is 30.2 Å². The number of likely N-dealkylation sites (N-methyl/N-ethyl adjacent to an activating group) is 1. The van der Waals surface area contributed by atoms with E-state index in [1.54, 1.807) is 12.3 Å². The molecule has 3 N–H and O–H groups in total. The van der Waals surface area contributed by atoms with Crippen LogP contribution in [0.4, 0.5) is 5.69 Å². The normalized spacial score (nSPS) is 11.4. The number of nitrogens with zero attached hydrogens (tertiary/aromatic N) is 2. The minimum atomic E-state index is -0.364. The summed E-state index contributed by atoms with van der Waals surface area (Å²) in [5.41, 5.74) is 6.93. The number of nitrogens with one attached hydrogen (secondary N) is 1. The van der Waals surface area contributed by atoms with Crippen LogP contribution in [0.2, 0.25) is 0 Å². The molecule has 1 heterocycles. The molecule has 0 atom stereocenters. The molecule has 124 valence electrons. The van der Waals surface area contributed by atoms with E-state index in [0.29, 0.717) is 24.2 Å². The summed E-state index contributed by atoms with van der Waals surface area (Å²) in [6, 6.07) is 5.45. The Bertz CT molecular complexity index is 778. The number of carbonyl (C=O) groups is 1. The molecule has 0 aliphatic heterocycles. The fraction of sp³-hybridized carbons (Fsp3) is 0.412. The van der Waals surface area contributed by atoms with E-state index in [2.05, 4.69) is 5.32 Å². The summed E-state index contributed by atoms with van der Waals surface area (Å²) in [6.07, 6.45) is 1.62. The second kappa shape index (κ2) is 6.83. The van der Waals surface area contributed by atoms with Crippen molar-refractivity contribution in [3.63, 3.8) is 0 Å². The zero-order valence-corrected chi connectivity index (χ0v) is 14.1. The molecular formula is C17H24N4O2. The topological polar surface area (TPSA) is 80.4 Å². The number of amides is 1. The maximum Gasteiger partial charge on any atom is 0.256 e. The lowest BCUT2D eigenvalue weighted by molar-refractivity contribution is 0.0949. The van der Waals surface area contributed by atoms with Gasteiger partial charge in [-0.25, -0.2) is 0 Å². The highest BCUT2D eigenvalue weighted by Gasteiger charge is 2.17. The van der Waals surface area contributed by atoms with E-state index >= 15 is 0 Å². The van der Waals surface area contributed by atoms with Crippen LogP contribution >= 0.6 is 0 Å². The SMILES string of the molecule is CC(C)n1cc(C(=O)NCCN(C)C)c(=O)c2c(N)cccc21. The summed E-state index contributed by atoms with van der Waals surface area (Å²) in [6.45, 7) is 5.19. The van der Waals surface area contributed by atoms with Gasteiger partial charge < -0.3 is 20.5 Å². The molecule has 2 aromatic rings. The van der Waals surface area contributed by atoms with E-state index in [4.69, 9.17) is 5.73 Å². The van der Waals surface area contributed by atoms with Crippen LogP contribution in [0.5, 0.6) is 0 Å². The van der Waals surface area contributed by atoms with Crippen molar-refractivity contribution in [3.05, 3.63) is 40.2 Å². The van der Waals surface area contributed by atoms with Gasteiger partial charge in [-0.3, -0.25) is 9.59 Å². The van der Waals surface area contributed by atoms with Crippen LogP contribution in [-0.4, -0.2) is 42.6 Å². The molecule has 1 aromatic heterocycles. The van der Waals surface area contributed by atoms with Crippen LogP contribution in [0, 0.1) is 0 Å². The van der Waals surface area contributed by atoms with Gasteiger partial charge in [0, 0.05) is 31.0 Å². The number of carbonyl (C=O) groups excluding carboxylic acids is 1. The van der Waals surface area contributed by atoms with Gasteiger partial charge in [0.15, 0.2) is 0 Å². The van der Waals surface area contributed by atoms with Gasteiger partial charge in [-0.2, -0.15) is 0 Å². The Kier molecular flexibility index (Phi) is 5.05. The second-order valence-electron chi connectivity index (χ2n) is 6.17. The summed E-state index contributed by atoms with van der Waals surface area (Å²) >= 11 is 0. The molecule has 0 spiro atoms. The lowest BCUT2D eigenvalue weighted by atomic mass is 10.1. The Morgan fingerprint density at radius 1 is 1.35 bits per heavy atom. The van der Waals surface area contributed by atoms with Gasteiger partial charge in [0.25, 0.3) is 5.91 Å². The summed E-state index contributed by atoms with van der Waals surface area (Å²) in [5, 5.41) is 3.19. The molecule has 1 aromatic carbocycles. The summed E-state index contributed by atoms with van der Waals surface area (Å²) in [5.74, 6) is -0.364. The highest BCUT2D eigenvalue weighted by Crippen LogP contribution is 2.21. The standard InChI is InChI=1S/C17H24N4O2/c1-11(2)21-10-12(17(23)19-8-9-20(3)4)16(22)15-13(18)6-5-7-14(15)21/h5-7,10-11H,8-9,18H2,1-4H3,(H,19,23). The number of pyridine rings is 1. The number of anilines is 1. The predicted octanol–water partition coefficient (Wildman–Crippen LogP) is 1.46. The van der Waals surface area contributed by atoms with Crippen molar-refractivity contribution in [2.24, 2.45) is 0 Å². The first kappa shape index (κ1) is 17.0. The molecule has 0 aliphatic rings. The van der Waals surface area contributed by atoms with Crippen LogP contribution < -0.4 is 16.5 Å². The molecule has 0 saturated carbocycles. The van der Waals surface area contributed by atoms with Gasteiger partial charge in [0.1, 0.15) is 5.56 Å². The van der Waals surface area contributed by atoms with E-state index in [1.165, 1.54) is 0 Å². The Morgan fingerprint density at radius 3 is 2.65 bits per heavy atom. The zero-order chi connectivity index (χ0) is 17.1. The number of nitrogens with two attached hydrogens (primary N) is 1. The molecule has 0 aliphatic carbocycles. The second-order valence-corrected chi connectivity index (χ2v) is 6.17. The van der Waals surface area contributed by atoms with E-state index < -0.39 is 0 Å². The first-order chi connectivity index (χ1) is 10.8. The maximum atomic E-state index is 12.7. The highest BCUT2D eigenvalue weighted by molar-refractivity contribution is 6.00. The highest BCUT2D eigenvalue weighted by atomic mass is 16.2. The van der Waals surface area contributed by atoms with Crippen molar-refractivity contribution >= 4 is 22.5 Å². The van der Waals surface area contributed by atoms with Gasteiger partial charge >= 0.3 is 0 Å². The molecule has 0 saturated heterocycles. The smallest absolute Gasteiger partial charge is 0.256 e. The number of aromatic nitrogens is 1. The minimum absolute atomic E-state index is 0.105. The summed E-state index contributed by atoms with van der Waals surface area (Å²) in [7, 11) is 3.85. The van der Waals surface area contributed by atoms with E-state index in [1.807, 2.05) is 49.5 Å². The minimum Gasteiger partial charge on any atom is -0.398 e. The number of fused-ring (bicyclic) bond motifs is 1. The Morgan fingerprint density at radius 2 is 2.04 bits per heavy atom. The number of hydrogen-bond acceptors (Lipinski definition) is 4. The third kappa shape index (κ3) is 3.53. The number of rotatable bonds is 5. The van der Waals surface area contributed by atoms with E-state index in [9.17, 15) is 9.59 Å². The molecule has 1 amide bonds. The maximum absolute atomic E-state index is 12.7. The first-order valence-corrected chi connectivity index (χ1v) is 7.69. The fourth-order valence-corrected chi connectivity index (χ4v) is 2.50. The van der Waals surface area contributed by atoms with Crippen LogP contribution in [-0.2, 0) is 0 Å². The zero-order valence-electron chi connectivity index (χ0n) is 14.1. The predicted molar refractivity (Wildman–Crippen MR) is 93.9 cm³/mol. The van der Waals surface area contributed by atoms with Crippen molar-refractivity contribution in [2.75, 3.05) is 32.9 Å². The monoisotopic (exact) mass is 316 g/mol. The van der Waals surface area contributed by atoms with E-state index in [0.717, 1.165) is 5.52 Å². The number of nitrogen functional groups attached to an aromatic ring is 1. The van der Waals surface area contributed by atoms with Crippen molar-refractivity contribution in [3.8, 4) is 0 Å². The molecule has 0 radical (unpaired) electrons. The van der Waals surface area contributed by atoms with Crippen molar-refractivity contribution in [1.82, 2.24) is 14.8 Å². The summed E-state index contributed by atoms with van der Waals surface area (Å²) < 4.78 is 1.91. The molecule has 0 bridgehead atoms. The Labute approximate surface area is 135 Å². The Balaban J connectivity index is 2.52. The molecule has 2 rings (SSSR count).